The molecular formula is C17H14N4O4S. The summed E-state index contributed by atoms with van der Waals surface area (Å²) in [5, 5.41) is 22.5. The maximum atomic E-state index is 12.2. The highest BCUT2D eigenvalue weighted by Gasteiger charge is 2.14. The second kappa shape index (κ2) is 7.70. The summed E-state index contributed by atoms with van der Waals surface area (Å²) in [5.41, 5.74) is 0.996. The fraction of sp³-hybridized carbons (Fsp3) is 0.118. The van der Waals surface area contributed by atoms with Crippen molar-refractivity contribution >= 4 is 28.1 Å². The number of para-hydroxylation sites is 1. The van der Waals surface area contributed by atoms with Crippen LogP contribution in [0.25, 0.3) is 0 Å². The Morgan fingerprint density at radius 3 is 2.81 bits per heavy atom. The molecule has 0 radical (unpaired) electrons. The molecule has 26 heavy (non-hydrogen) atoms. The Balaban J connectivity index is 1.71. The SMILES string of the molecule is COc1ccccc1Cc1nnc(NC(=O)c2cccc([N+](=O)[O-])c2)s1. The number of nitro benzene ring substituents is 1. The van der Waals surface area contributed by atoms with Crippen LogP contribution in [0.15, 0.2) is 48.5 Å². The van der Waals surface area contributed by atoms with E-state index in [0.29, 0.717) is 16.6 Å². The molecule has 1 aromatic heterocycles. The van der Waals surface area contributed by atoms with E-state index in [2.05, 4.69) is 15.5 Å². The Morgan fingerprint density at radius 2 is 2.04 bits per heavy atom. The van der Waals surface area contributed by atoms with Gasteiger partial charge >= 0.3 is 0 Å². The molecule has 3 rings (SSSR count). The highest BCUT2D eigenvalue weighted by Crippen LogP contribution is 2.24. The van der Waals surface area contributed by atoms with Gasteiger partial charge in [0, 0.05) is 29.7 Å². The molecule has 9 heteroatoms. The van der Waals surface area contributed by atoms with Gasteiger partial charge in [-0.05, 0) is 12.1 Å². The number of hydrogen-bond donors (Lipinski definition) is 1. The first kappa shape index (κ1) is 17.5. The van der Waals surface area contributed by atoms with Crippen LogP contribution in [0, 0.1) is 10.1 Å². The number of carbonyl (C=O) groups excluding carboxylic acids is 1. The van der Waals surface area contributed by atoms with Crippen molar-refractivity contribution in [1.29, 1.82) is 0 Å². The third-order valence-corrected chi connectivity index (χ3v) is 4.38. The normalized spacial score (nSPS) is 10.3. The van der Waals surface area contributed by atoms with Crippen molar-refractivity contribution in [3.8, 4) is 5.75 Å². The first-order valence-corrected chi connectivity index (χ1v) is 8.38. The van der Waals surface area contributed by atoms with Crippen molar-refractivity contribution in [2.24, 2.45) is 0 Å². The number of aromatic nitrogens is 2. The lowest BCUT2D eigenvalue weighted by Crippen LogP contribution is -2.11. The van der Waals surface area contributed by atoms with Crippen LogP contribution in [0.5, 0.6) is 5.75 Å². The van der Waals surface area contributed by atoms with Gasteiger partial charge in [0.2, 0.25) is 5.13 Å². The van der Waals surface area contributed by atoms with E-state index >= 15 is 0 Å². The number of rotatable bonds is 6. The zero-order valence-electron chi connectivity index (χ0n) is 13.7. The maximum absolute atomic E-state index is 12.2. The minimum absolute atomic E-state index is 0.147. The van der Waals surface area contributed by atoms with Crippen LogP contribution in [0.3, 0.4) is 0 Å². The second-order valence-electron chi connectivity index (χ2n) is 5.25. The molecule has 0 aliphatic heterocycles. The third-order valence-electron chi connectivity index (χ3n) is 3.54. The largest absolute Gasteiger partial charge is 0.496 e. The van der Waals surface area contributed by atoms with Crippen LogP contribution in [0.1, 0.15) is 20.9 Å². The van der Waals surface area contributed by atoms with Crippen LogP contribution >= 0.6 is 11.3 Å². The molecule has 0 spiro atoms. The van der Waals surface area contributed by atoms with Gasteiger partial charge in [-0.15, -0.1) is 10.2 Å². The van der Waals surface area contributed by atoms with Crippen molar-refractivity contribution in [2.45, 2.75) is 6.42 Å². The van der Waals surface area contributed by atoms with E-state index in [1.807, 2.05) is 24.3 Å². The van der Waals surface area contributed by atoms with E-state index in [1.165, 1.54) is 35.6 Å². The molecule has 1 heterocycles. The molecule has 132 valence electrons. The molecule has 0 saturated carbocycles. The minimum atomic E-state index is -0.549. The average molecular weight is 370 g/mol. The lowest BCUT2D eigenvalue weighted by molar-refractivity contribution is -0.384. The Labute approximate surface area is 152 Å². The van der Waals surface area contributed by atoms with Gasteiger partial charge in [0.15, 0.2) is 0 Å². The van der Waals surface area contributed by atoms with Crippen LogP contribution in [-0.2, 0) is 6.42 Å². The fourth-order valence-electron chi connectivity index (χ4n) is 2.32. The number of hydrogen-bond acceptors (Lipinski definition) is 7. The quantitative estimate of drug-likeness (QED) is 0.527. The topological polar surface area (TPSA) is 107 Å². The number of ether oxygens (including phenoxy) is 1. The summed E-state index contributed by atoms with van der Waals surface area (Å²) in [4.78, 5) is 22.5. The molecule has 3 aromatic rings. The van der Waals surface area contributed by atoms with Crippen molar-refractivity contribution in [2.75, 3.05) is 12.4 Å². The molecule has 1 amide bonds. The highest BCUT2D eigenvalue weighted by atomic mass is 32.1. The van der Waals surface area contributed by atoms with E-state index < -0.39 is 10.8 Å². The number of nitrogens with one attached hydrogen (secondary N) is 1. The predicted octanol–water partition coefficient (Wildman–Crippen LogP) is 3.30. The molecule has 0 aliphatic carbocycles. The Morgan fingerprint density at radius 1 is 1.23 bits per heavy atom. The number of nitrogens with zero attached hydrogens (tertiary/aromatic N) is 3. The summed E-state index contributed by atoms with van der Waals surface area (Å²) in [7, 11) is 1.60. The number of carbonyl (C=O) groups is 1. The minimum Gasteiger partial charge on any atom is -0.496 e. The molecule has 0 unspecified atom stereocenters. The molecule has 0 saturated heterocycles. The first-order chi connectivity index (χ1) is 12.6. The lowest BCUT2D eigenvalue weighted by Gasteiger charge is -2.05. The predicted molar refractivity (Wildman–Crippen MR) is 96.8 cm³/mol. The zero-order chi connectivity index (χ0) is 18.5. The van der Waals surface area contributed by atoms with Gasteiger partial charge < -0.3 is 4.74 Å². The van der Waals surface area contributed by atoms with E-state index in [4.69, 9.17) is 4.74 Å². The summed E-state index contributed by atoms with van der Waals surface area (Å²) in [6.07, 6.45) is 0.522. The molecule has 0 bridgehead atoms. The number of nitro groups is 1. The van der Waals surface area contributed by atoms with E-state index in [0.717, 1.165) is 11.3 Å². The maximum Gasteiger partial charge on any atom is 0.270 e. The molecule has 0 atom stereocenters. The molecule has 2 aromatic carbocycles. The summed E-state index contributed by atoms with van der Waals surface area (Å²) in [6.45, 7) is 0. The van der Waals surface area contributed by atoms with Gasteiger partial charge in [-0.2, -0.15) is 0 Å². The van der Waals surface area contributed by atoms with E-state index in [9.17, 15) is 14.9 Å². The van der Waals surface area contributed by atoms with Crippen LogP contribution in [-0.4, -0.2) is 28.1 Å². The monoisotopic (exact) mass is 370 g/mol. The standard InChI is InChI=1S/C17H14N4O4S/c1-25-14-8-3-2-5-11(14)10-15-19-20-17(26-15)18-16(22)12-6-4-7-13(9-12)21(23)24/h2-9H,10H2,1H3,(H,18,20,22). The number of amides is 1. The van der Waals surface area contributed by atoms with Crippen molar-refractivity contribution < 1.29 is 14.5 Å². The zero-order valence-corrected chi connectivity index (χ0v) is 14.5. The van der Waals surface area contributed by atoms with Gasteiger partial charge in [-0.3, -0.25) is 20.2 Å². The van der Waals surface area contributed by atoms with E-state index in [1.54, 1.807) is 7.11 Å². The smallest absolute Gasteiger partial charge is 0.270 e. The van der Waals surface area contributed by atoms with Crippen molar-refractivity contribution in [1.82, 2.24) is 10.2 Å². The fourth-order valence-corrected chi connectivity index (χ4v) is 3.08. The highest BCUT2D eigenvalue weighted by molar-refractivity contribution is 7.15. The Hall–Kier alpha value is -3.33. The summed E-state index contributed by atoms with van der Waals surface area (Å²) < 4.78 is 5.31. The summed E-state index contributed by atoms with van der Waals surface area (Å²) in [5.74, 6) is 0.276. The average Bonchev–Trinajstić information content (AvgIpc) is 3.09. The number of anilines is 1. The molecule has 0 fully saturated rings. The number of methoxy groups -OCH3 is 1. The van der Waals surface area contributed by atoms with Crippen LogP contribution in [0.2, 0.25) is 0 Å². The van der Waals surface area contributed by atoms with Gasteiger partial charge in [0.25, 0.3) is 11.6 Å². The van der Waals surface area contributed by atoms with Crippen molar-refractivity contribution in [3.63, 3.8) is 0 Å². The Bertz CT molecular complexity index is 957. The lowest BCUT2D eigenvalue weighted by atomic mass is 10.1. The van der Waals surface area contributed by atoms with Gasteiger partial charge in [-0.25, -0.2) is 0 Å². The van der Waals surface area contributed by atoms with Gasteiger partial charge in [-0.1, -0.05) is 35.6 Å². The molecule has 0 aliphatic rings. The van der Waals surface area contributed by atoms with E-state index in [-0.39, 0.29) is 11.3 Å². The van der Waals surface area contributed by atoms with Crippen LogP contribution in [0.4, 0.5) is 10.8 Å². The Kier molecular flexibility index (Phi) is 5.18. The van der Waals surface area contributed by atoms with Gasteiger partial charge in [0.1, 0.15) is 10.8 Å². The second-order valence-corrected chi connectivity index (χ2v) is 6.31. The number of non-ortho nitro benzene ring substituents is 1. The molecule has 8 nitrogen and oxygen atoms in total. The number of benzene rings is 2. The first-order valence-electron chi connectivity index (χ1n) is 7.57. The van der Waals surface area contributed by atoms with Crippen LogP contribution < -0.4 is 10.1 Å². The third kappa shape index (κ3) is 4.01. The molecule has 1 N–H and O–H groups in total. The van der Waals surface area contributed by atoms with Crippen molar-refractivity contribution in [3.05, 3.63) is 74.8 Å². The summed E-state index contributed by atoms with van der Waals surface area (Å²) in [6, 6.07) is 13.1. The molecular weight excluding hydrogens is 356 g/mol. The van der Waals surface area contributed by atoms with Gasteiger partial charge in [0.05, 0.1) is 12.0 Å². The summed E-state index contributed by atoms with van der Waals surface area (Å²) >= 11 is 1.24.